The molecule has 1 aromatic heterocycles. The number of nitrogens with one attached hydrogen (secondary N) is 1. The molecule has 102 valence electrons. The molecule has 1 heterocycles. The zero-order chi connectivity index (χ0) is 13.0. The maximum Gasteiger partial charge on any atom is 0.0728 e. The highest BCUT2D eigenvalue weighted by Crippen LogP contribution is 2.35. The Kier molecular flexibility index (Phi) is 4.75. The summed E-state index contributed by atoms with van der Waals surface area (Å²) < 4.78 is 1.96. The normalized spacial score (nSPS) is 25.3. The fourth-order valence-corrected chi connectivity index (χ4v) is 3.04. The second-order valence-corrected chi connectivity index (χ2v) is 5.85. The van der Waals surface area contributed by atoms with E-state index in [9.17, 15) is 0 Å². The van der Waals surface area contributed by atoms with Gasteiger partial charge in [0.05, 0.1) is 11.9 Å². The average Bonchev–Trinajstić information content (AvgIpc) is 2.63. The van der Waals surface area contributed by atoms with Crippen LogP contribution < -0.4 is 5.32 Å². The molecule has 4 heteroatoms. The minimum Gasteiger partial charge on any atom is -0.314 e. The van der Waals surface area contributed by atoms with Gasteiger partial charge in [-0.15, -0.1) is 5.10 Å². The van der Waals surface area contributed by atoms with E-state index in [-0.39, 0.29) is 0 Å². The van der Waals surface area contributed by atoms with Crippen molar-refractivity contribution in [2.45, 2.75) is 57.9 Å². The van der Waals surface area contributed by atoms with Crippen LogP contribution in [0.5, 0.6) is 0 Å². The van der Waals surface area contributed by atoms with Crippen molar-refractivity contribution in [3.63, 3.8) is 0 Å². The van der Waals surface area contributed by atoms with Gasteiger partial charge >= 0.3 is 0 Å². The standard InChI is InChI=1S/C14H26N4/c1-11(2)15-9-12-7-5-4-6-8-13(12)14-10-16-17-18(14)3/h10-13,15H,4-9H2,1-3H3. The van der Waals surface area contributed by atoms with E-state index < -0.39 is 0 Å². The van der Waals surface area contributed by atoms with Crippen molar-refractivity contribution in [3.8, 4) is 0 Å². The van der Waals surface area contributed by atoms with Gasteiger partial charge in [0.1, 0.15) is 0 Å². The first-order chi connectivity index (χ1) is 8.68. The molecule has 0 aromatic carbocycles. The summed E-state index contributed by atoms with van der Waals surface area (Å²) in [5.41, 5.74) is 1.31. The predicted octanol–water partition coefficient (Wildman–Crippen LogP) is 2.48. The maximum atomic E-state index is 4.10. The monoisotopic (exact) mass is 250 g/mol. The van der Waals surface area contributed by atoms with E-state index >= 15 is 0 Å². The van der Waals surface area contributed by atoms with Crippen LogP contribution in [0.4, 0.5) is 0 Å². The third kappa shape index (κ3) is 3.31. The molecule has 4 nitrogen and oxygen atoms in total. The minimum absolute atomic E-state index is 0.568. The summed E-state index contributed by atoms with van der Waals surface area (Å²) in [7, 11) is 2.01. The lowest BCUT2D eigenvalue weighted by molar-refractivity contribution is 0.351. The van der Waals surface area contributed by atoms with Crippen molar-refractivity contribution in [2.75, 3.05) is 6.54 Å². The van der Waals surface area contributed by atoms with E-state index in [1.54, 1.807) is 0 Å². The number of hydrogen-bond acceptors (Lipinski definition) is 3. The van der Waals surface area contributed by atoms with Crippen LogP contribution in [0, 0.1) is 5.92 Å². The van der Waals surface area contributed by atoms with Crippen molar-refractivity contribution in [2.24, 2.45) is 13.0 Å². The third-order valence-corrected chi connectivity index (χ3v) is 4.08. The van der Waals surface area contributed by atoms with Gasteiger partial charge in [-0.2, -0.15) is 0 Å². The average molecular weight is 250 g/mol. The van der Waals surface area contributed by atoms with Crippen LogP contribution in [-0.2, 0) is 7.05 Å². The van der Waals surface area contributed by atoms with Crippen LogP contribution in [0.3, 0.4) is 0 Å². The molecule has 1 saturated carbocycles. The van der Waals surface area contributed by atoms with E-state index in [0.29, 0.717) is 12.0 Å². The Labute approximate surface area is 110 Å². The van der Waals surface area contributed by atoms with Gasteiger partial charge in [-0.25, -0.2) is 0 Å². The molecule has 0 aliphatic heterocycles. The molecule has 2 atom stereocenters. The second-order valence-electron chi connectivity index (χ2n) is 5.85. The van der Waals surface area contributed by atoms with E-state index in [1.165, 1.54) is 37.8 Å². The molecule has 0 bridgehead atoms. The van der Waals surface area contributed by atoms with Gasteiger partial charge in [0.25, 0.3) is 0 Å². The lowest BCUT2D eigenvalue weighted by atomic mass is 9.85. The van der Waals surface area contributed by atoms with Crippen LogP contribution in [0.1, 0.15) is 57.6 Å². The molecule has 1 fully saturated rings. The largest absolute Gasteiger partial charge is 0.314 e. The van der Waals surface area contributed by atoms with Gasteiger partial charge in [-0.3, -0.25) is 4.68 Å². The van der Waals surface area contributed by atoms with Crippen molar-refractivity contribution >= 4 is 0 Å². The fourth-order valence-electron chi connectivity index (χ4n) is 3.04. The summed E-state index contributed by atoms with van der Waals surface area (Å²) in [6.07, 6.45) is 8.65. The minimum atomic E-state index is 0.568. The highest BCUT2D eigenvalue weighted by atomic mass is 15.4. The maximum absolute atomic E-state index is 4.10. The fraction of sp³-hybridized carbons (Fsp3) is 0.857. The molecule has 2 rings (SSSR count). The molecule has 0 saturated heterocycles. The summed E-state index contributed by atoms with van der Waals surface area (Å²) in [6.45, 7) is 5.56. The van der Waals surface area contributed by atoms with Crippen LogP contribution in [0.15, 0.2) is 6.20 Å². The molecular weight excluding hydrogens is 224 g/mol. The Morgan fingerprint density at radius 3 is 2.78 bits per heavy atom. The Morgan fingerprint density at radius 2 is 2.11 bits per heavy atom. The number of rotatable bonds is 4. The zero-order valence-electron chi connectivity index (χ0n) is 11.9. The Hall–Kier alpha value is -0.900. The Balaban J connectivity index is 2.09. The molecule has 18 heavy (non-hydrogen) atoms. The quantitative estimate of drug-likeness (QED) is 0.835. The molecule has 1 aromatic rings. The number of nitrogens with zero attached hydrogens (tertiary/aromatic N) is 3. The summed E-state index contributed by atoms with van der Waals surface area (Å²) >= 11 is 0. The summed E-state index contributed by atoms with van der Waals surface area (Å²) in [5.74, 6) is 1.35. The van der Waals surface area contributed by atoms with E-state index in [2.05, 4.69) is 29.5 Å². The first-order valence-corrected chi connectivity index (χ1v) is 7.26. The van der Waals surface area contributed by atoms with Crippen LogP contribution in [0.25, 0.3) is 0 Å². The molecule has 1 aliphatic rings. The SMILES string of the molecule is CC(C)NCC1CCCCCC1c1cnnn1C. The van der Waals surface area contributed by atoms with Crippen molar-refractivity contribution in [3.05, 3.63) is 11.9 Å². The van der Waals surface area contributed by atoms with Gasteiger partial charge in [0.15, 0.2) is 0 Å². The molecule has 0 radical (unpaired) electrons. The number of hydrogen-bond donors (Lipinski definition) is 1. The number of aryl methyl sites for hydroxylation is 1. The van der Waals surface area contributed by atoms with Gasteiger partial charge in [-0.05, 0) is 25.3 Å². The molecular formula is C14H26N4. The van der Waals surface area contributed by atoms with E-state index in [0.717, 1.165) is 12.5 Å². The summed E-state index contributed by atoms with van der Waals surface area (Å²) in [5, 5.41) is 11.8. The van der Waals surface area contributed by atoms with Crippen molar-refractivity contribution < 1.29 is 0 Å². The first-order valence-electron chi connectivity index (χ1n) is 7.26. The number of aromatic nitrogens is 3. The van der Waals surface area contributed by atoms with Crippen LogP contribution in [0.2, 0.25) is 0 Å². The molecule has 2 unspecified atom stereocenters. The van der Waals surface area contributed by atoms with Crippen LogP contribution >= 0.6 is 0 Å². The van der Waals surface area contributed by atoms with Crippen LogP contribution in [-0.4, -0.2) is 27.6 Å². The third-order valence-electron chi connectivity index (χ3n) is 4.08. The smallest absolute Gasteiger partial charge is 0.0728 e. The van der Waals surface area contributed by atoms with Crippen molar-refractivity contribution in [1.29, 1.82) is 0 Å². The highest BCUT2D eigenvalue weighted by molar-refractivity contribution is 5.06. The highest BCUT2D eigenvalue weighted by Gasteiger charge is 2.27. The Bertz CT molecular complexity index is 358. The van der Waals surface area contributed by atoms with Crippen molar-refractivity contribution in [1.82, 2.24) is 20.3 Å². The first kappa shape index (κ1) is 13.5. The van der Waals surface area contributed by atoms with Gasteiger partial charge in [0.2, 0.25) is 0 Å². The molecule has 1 N–H and O–H groups in total. The summed E-state index contributed by atoms with van der Waals surface area (Å²) in [4.78, 5) is 0. The summed E-state index contributed by atoms with van der Waals surface area (Å²) in [6, 6.07) is 0.568. The molecule has 0 amide bonds. The molecule has 0 spiro atoms. The van der Waals surface area contributed by atoms with E-state index in [1.807, 2.05) is 17.9 Å². The lowest BCUT2D eigenvalue weighted by Gasteiger charge is -2.26. The lowest BCUT2D eigenvalue weighted by Crippen LogP contribution is -2.32. The van der Waals surface area contributed by atoms with Gasteiger partial charge in [-0.1, -0.05) is 38.3 Å². The topological polar surface area (TPSA) is 42.7 Å². The zero-order valence-corrected chi connectivity index (χ0v) is 11.9. The predicted molar refractivity (Wildman–Crippen MR) is 73.5 cm³/mol. The van der Waals surface area contributed by atoms with Gasteiger partial charge in [0, 0.05) is 19.0 Å². The second kappa shape index (κ2) is 6.32. The van der Waals surface area contributed by atoms with Gasteiger partial charge < -0.3 is 5.32 Å². The van der Waals surface area contributed by atoms with E-state index in [4.69, 9.17) is 0 Å². The Morgan fingerprint density at radius 1 is 1.33 bits per heavy atom. The molecule has 1 aliphatic carbocycles.